The monoisotopic (exact) mass is 420 g/mol. The molecule has 1 aromatic heterocycles. The molecule has 0 N–H and O–H groups in total. The molecule has 7 heteroatoms. The zero-order valence-corrected chi connectivity index (χ0v) is 18.1. The number of nitrogens with zero attached hydrogens (tertiary/aromatic N) is 2. The van der Waals surface area contributed by atoms with Crippen molar-refractivity contribution in [2.24, 2.45) is 0 Å². The van der Waals surface area contributed by atoms with Crippen molar-refractivity contribution in [1.82, 2.24) is 9.80 Å². The molecule has 1 aliphatic heterocycles. The Morgan fingerprint density at radius 3 is 2.68 bits per heavy atom. The summed E-state index contributed by atoms with van der Waals surface area (Å²) >= 11 is 3.32. The van der Waals surface area contributed by atoms with E-state index in [9.17, 15) is 14.0 Å². The minimum absolute atomic E-state index is 0.0132. The summed E-state index contributed by atoms with van der Waals surface area (Å²) in [5.74, 6) is -0.543. The summed E-state index contributed by atoms with van der Waals surface area (Å²) in [6, 6.07) is 7.76. The van der Waals surface area contributed by atoms with Gasteiger partial charge in [0.25, 0.3) is 5.91 Å². The third kappa shape index (κ3) is 4.25. The maximum atomic E-state index is 13.5. The largest absolute Gasteiger partial charge is 0.334 e. The molecule has 0 bridgehead atoms. The van der Waals surface area contributed by atoms with Crippen LogP contribution in [0.2, 0.25) is 0 Å². The highest BCUT2D eigenvalue weighted by Crippen LogP contribution is 2.45. The van der Waals surface area contributed by atoms with Crippen LogP contribution in [0.25, 0.3) is 0 Å². The van der Waals surface area contributed by atoms with Crippen LogP contribution in [0, 0.1) is 12.7 Å². The highest BCUT2D eigenvalue weighted by Gasteiger charge is 2.39. The van der Waals surface area contributed by atoms with Crippen LogP contribution in [-0.4, -0.2) is 46.0 Å². The first-order valence-corrected chi connectivity index (χ1v) is 11.2. The SMILES string of the molecule is Cc1ccsc1C1SC(C)C(=O)N1CCN(C(=O)c1cccc(F)c1)C(C)C. The van der Waals surface area contributed by atoms with E-state index in [2.05, 4.69) is 13.0 Å². The molecule has 0 aliphatic carbocycles. The fraction of sp³-hybridized carbons (Fsp3) is 0.429. The number of amides is 2. The molecule has 2 amide bonds. The van der Waals surface area contributed by atoms with E-state index in [4.69, 9.17) is 0 Å². The molecule has 1 aromatic carbocycles. The number of benzene rings is 1. The van der Waals surface area contributed by atoms with E-state index in [0.717, 1.165) is 0 Å². The summed E-state index contributed by atoms with van der Waals surface area (Å²) in [5, 5.41) is 1.93. The summed E-state index contributed by atoms with van der Waals surface area (Å²) in [5.41, 5.74) is 1.51. The maximum absolute atomic E-state index is 13.5. The molecule has 0 spiro atoms. The second-order valence-electron chi connectivity index (χ2n) is 7.23. The molecule has 2 unspecified atom stereocenters. The molecule has 150 valence electrons. The number of rotatable bonds is 6. The Hall–Kier alpha value is -1.86. The van der Waals surface area contributed by atoms with Crippen molar-refractivity contribution >= 4 is 34.9 Å². The van der Waals surface area contributed by atoms with Gasteiger partial charge in [-0.05, 0) is 62.9 Å². The van der Waals surface area contributed by atoms with Crippen LogP contribution in [0.15, 0.2) is 35.7 Å². The molecule has 1 aliphatic rings. The molecule has 4 nitrogen and oxygen atoms in total. The zero-order chi connectivity index (χ0) is 20.4. The second-order valence-corrected chi connectivity index (χ2v) is 9.61. The van der Waals surface area contributed by atoms with E-state index in [1.165, 1.54) is 22.6 Å². The number of aryl methyl sites for hydroxylation is 1. The van der Waals surface area contributed by atoms with Gasteiger partial charge < -0.3 is 9.80 Å². The van der Waals surface area contributed by atoms with Crippen molar-refractivity contribution in [2.75, 3.05) is 13.1 Å². The molecular weight excluding hydrogens is 395 g/mol. The quantitative estimate of drug-likeness (QED) is 0.680. The van der Waals surface area contributed by atoms with Crippen LogP contribution < -0.4 is 0 Å². The first-order chi connectivity index (χ1) is 13.3. The average molecular weight is 421 g/mol. The van der Waals surface area contributed by atoms with Gasteiger partial charge in [-0.25, -0.2) is 4.39 Å². The van der Waals surface area contributed by atoms with Gasteiger partial charge in [0.05, 0.1) is 5.25 Å². The second kappa shape index (κ2) is 8.66. The lowest BCUT2D eigenvalue weighted by Crippen LogP contribution is -2.43. The minimum Gasteiger partial charge on any atom is -0.334 e. The summed E-state index contributed by atoms with van der Waals surface area (Å²) in [6.45, 7) is 8.72. The summed E-state index contributed by atoms with van der Waals surface area (Å²) < 4.78 is 13.5. The number of carbonyl (C=O) groups excluding carboxylic acids is 2. The van der Waals surface area contributed by atoms with Gasteiger partial charge in [0.2, 0.25) is 5.91 Å². The smallest absolute Gasteiger partial charge is 0.254 e. The number of thiophene rings is 1. The Bertz CT molecular complexity index is 868. The predicted molar refractivity (Wildman–Crippen MR) is 113 cm³/mol. The Kier molecular flexibility index (Phi) is 6.45. The number of hydrogen-bond acceptors (Lipinski definition) is 4. The molecule has 2 aromatic rings. The third-order valence-corrected chi connectivity index (χ3v) is 7.49. The van der Waals surface area contributed by atoms with Crippen LogP contribution >= 0.6 is 23.1 Å². The van der Waals surface area contributed by atoms with Gasteiger partial charge in [0.1, 0.15) is 11.2 Å². The van der Waals surface area contributed by atoms with Crippen LogP contribution in [0.5, 0.6) is 0 Å². The topological polar surface area (TPSA) is 40.6 Å². The first-order valence-electron chi connectivity index (χ1n) is 9.36. The van der Waals surface area contributed by atoms with Crippen molar-refractivity contribution < 1.29 is 14.0 Å². The third-order valence-electron chi connectivity index (χ3n) is 4.91. The fourth-order valence-corrected chi connectivity index (χ4v) is 5.89. The summed E-state index contributed by atoms with van der Waals surface area (Å²) in [7, 11) is 0. The Labute approximate surface area is 173 Å². The number of thioether (sulfide) groups is 1. The van der Waals surface area contributed by atoms with Gasteiger partial charge in [-0.3, -0.25) is 9.59 Å². The average Bonchev–Trinajstić information content (AvgIpc) is 3.19. The van der Waals surface area contributed by atoms with Gasteiger partial charge in [-0.15, -0.1) is 23.1 Å². The first kappa shape index (κ1) is 20.9. The zero-order valence-electron chi connectivity index (χ0n) is 16.5. The van der Waals surface area contributed by atoms with E-state index in [0.29, 0.717) is 18.7 Å². The fourth-order valence-electron chi connectivity index (χ4n) is 3.34. The van der Waals surface area contributed by atoms with Crippen molar-refractivity contribution in [2.45, 2.75) is 44.4 Å². The van der Waals surface area contributed by atoms with Gasteiger partial charge in [0.15, 0.2) is 0 Å². The molecule has 28 heavy (non-hydrogen) atoms. The Balaban J connectivity index is 1.77. The van der Waals surface area contributed by atoms with Crippen molar-refractivity contribution in [1.29, 1.82) is 0 Å². The van der Waals surface area contributed by atoms with Crippen molar-refractivity contribution in [3.8, 4) is 0 Å². The number of carbonyl (C=O) groups is 2. The van der Waals surface area contributed by atoms with Crippen molar-refractivity contribution in [3.63, 3.8) is 0 Å². The highest BCUT2D eigenvalue weighted by molar-refractivity contribution is 8.01. The van der Waals surface area contributed by atoms with Gasteiger partial charge >= 0.3 is 0 Å². The normalized spacial score (nSPS) is 19.5. The summed E-state index contributed by atoms with van der Waals surface area (Å²) in [6.07, 6.45) is 0. The highest BCUT2D eigenvalue weighted by atomic mass is 32.2. The molecule has 3 rings (SSSR count). The number of halogens is 1. The van der Waals surface area contributed by atoms with Gasteiger partial charge in [0, 0.05) is 29.6 Å². The Morgan fingerprint density at radius 2 is 2.07 bits per heavy atom. The molecule has 1 fully saturated rings. The number of hydrogen-bond donors (Lipinski definition) is 0. The minimum atomic E-state index is -0.428. The van der Waals surface area contributed by atoms with Crippen LogP contribution in [0.4, 0.5) is 4.39 Å². The summed E-state index contributed by atoms with van der Waals surface area (Å²) in [4.78, 5) is 30.4. The van der Waals surface area contributed by atoms with Gasteiger partial charge in [-0.2, -0.15) is 0 Å². The van der Waals surface area contributed by atoms with E-state index < -0.39 is 5.82 Å². The standard InChI is InChI=1S/C21H25FN2O2S2/c1-13(2)23(20(26)16-6-5-7-17(22)12-16)9-10-24-19(25)15(4)28-21(24)18-14(3)8-11-27-18/h5-8,11-13,15,21H,9-10H2,1-4H3. The molecule has 2 heterocycles. The van der Waals surface area contributed by atoms with Crippen LogP contribution in [0.3, 0.4) is 0 Å². The molecule has 0 radical (unpaired) electrons. The lowest BCUT2D eigenvalue weighted by Gasteiger charge is -2.31. The van der Waals surface area contributed by atoms with E-state index in [1.807, 2.05) is 31.1 Å². The molecular formula is C21H25FN2O2S2. The van der Waals surface area contributed by atoms with E-state index >= 15 is 0 Å². The Morgan fingerprint density at radius 1 is 1.32 bits per heavy atom. The van der Waals surface area contributed by atoms with Crippen LogP contribution in [0.1, 0.15) is 46.9 Å². The van der Waals surface area contributed by atoms with Crippen LogP contribution in [-0.2, 0) is 4.79 Å². The maximum Gasteiger partial charge on any atom is 0.254 e. The predicted octanol–water partition coefficient (Wildman–Crippen LogP) is 4.71. The van der Waals surface area contributed by atoms with Gasteiger partial charge in [-0.1, -0.05) is 6.07 Å². The molecule has 1 saturated heterocycles. The lowest BCUT2D eigenvalue weighted by atomic mass is 10.1. The van der Waals surface area contributed by atoms with E-state index in [1.54, 1.807) is 40.1 Å². The molecule has 2 atom stereocenters. The van der Waals surface area contributed by atoms with E-state index in [-0.39, 0.29) is 28.5 Å². The molecule has 0 saturated carbocycles. The lowest BCUT2D eigenvalue weighted by molar-refractivity contribution is -0.130. The van der Waals surface area contributed by atoms with Crippen molar-refractivity contribution in [3.05, 3.63) is 57.5 Å².